The molecule has 0 bridgehead atoms. The predicted molar refractivity (Wildman–Crippen MR) is 293 cm³/mol. The van der Waals surface area contributed by atoms with Crippen molar-refractivity contribution in [2.75, 3.05) is 13.2 Å². The van der Waals surface area contributed by atoms with Crippen LogP contribution in [0.3, 0.4) is 0 Å². The average molecular weight is 1010 g/mol. The van der Waals surface area contributed by atoms with E-state index in [2.05, 4.69) is 31.3 Å². The van der Waals surface area contributed by atoms with Crippen molar-refractivity contribution in [1.82, 2.24) is 5.32 Å². The smallest absolute Gasteiger partial charge is 0.249 e. The summed E-state index contributed by atoms with van der Waals surface area (Å²) in [7, 11) is 0. The van der Waals surface area contributed by atoms with Crippen molar-refractivity contribution in [3.63, 3.8) is 0 Å². The zero-order valence-corrected chi connectivity index (χ0v) is 46.2. The summed E-state index contributed by atoms with van der Waals surface area (Å²) >= 11 is 0. The summed E-state index contributed by atoms with van der Waals surface area (Å²) in [4.78, 5) is 13.2. The van der Waals surface area contributed by atoms with Crippen molar-refractivity contribution >= 4 is 5.91 Å². The largest absolute Gasteiger partial charge is 0.394 e. The van der Waals surface area contributed by atoms with Gasteiger partial charge >= 0.3 is 0 Å². The number of ether oxygens (including phenoxy) is 2. The molecule has 0 aromatic rings. The third kappa shape index (κ3) is 38.1. The molecule has 422 valence electrons. The minimum absolute atomic E-state index is 0.263. The van der Waals surface area contributed by atoms with Gasteiger partial charge in [0.2, 0.25) is 5.91 Å². The van der Waals surface area contributed by atoms with E-state index < -0.39 is 74.2 Å². The Kier molecular flexibility index (Phi) is 47.5. The topological polar surface area (TPSA) is 189 Å². The second-order valence-corrected chi connectivity index (χ2v) is 21.8. The molecule has 0 radical (unpaired) electrons. The molecule has 11 nitrogen and oxygen atoms in total. The molecule has 1 aliphatic rings. The van der Waals surface area contributed by atoms with Gasteiger partial charge in [-0.2, -0.15) is 0 Å². The highest BCUT2D eigenvalue weighted by Gasteiger charge is 2.44. The molecule has 1 heterocycles. The first-order valence-corrected chi connectivity index (χ1v) is 30.6. The number of rotatable bonds is 53. The Morgan fingerprint density at radius 3 is 1.18 bits per heavy atom. The second-order valence-electron chi connectivity index (χ2n) is 21.8. The fourth-order valence-corrected chi connectivity index (χ4v) is 10.1. The van der Waals surface area contributed by atoms with Gasteiger partial charge in [0.05, 0.1) is 25.4 Å². The average Bonchev–Trinajstić information content (AvgIpc) is 3.37. The number of unbranched alkanes of at least 4 members (excludes halogenated alkanes) is 39. The highest BCUT2D eigenvalue weighted by Crippen LogP contribution is 2.24. The van der Waals surface area contributed by atoms with E-state index in [1.165, 1.54) is 218 Å². The number of carbonyl (C=O) groups is 1. The van der Waals surface area contributed by atoms with Crippen LogP contribution >= 0.6 is 0 Å². The summed E-state index contributed by atoms with van der Waals surface area (Å²) in [5.74, 6) is -0.692. The molecule has 71 heavy (non-hydrogen) atoms. The molecule has 9 unspecified atom stereocenters. The Bertz CT molecular complexity index is 1160. The van der Waals surface area contributed by atoms with E-state index in [1.54, 1.807) is 0 Å². The highest BCUT2D eigenvalue weighted by molar-refractivity contribution is 5.80. The fraction of sp³-hybridized carbons (Fsp3) is 0.950. The molecule has 0 aliphatic carbocycles. The van der Waals surface area contributed by atoms with Gasteiger partial charge in [0.1, 0.15) is 36.6 Å². The number of hydrogen-bond donors (Lipinski definition) is 8. The van der Waals surface area contributed by atoms with Gasteiger partial charge in [0, 0.05) is 0 Å². The molecule has 0 aromatic heterocycles. The van der Waals surface area contributed by atoms with E-state index in [1.807, 2.05) is 0 Å². The SMILES string of the molecule is CCCCCCCCCCCCCC/C=C\CCCCCCCCCCCCCCC(O)C(=O)NC(COC1OC(CO)C(O)C(O)C1O)C(O)C(O)CCCCCCCCCCCCCCCCCC. The Morgan fingerprint density at radius 1 is 0.479 bits per heavy atom. The molecule has 1 fully saturated rings. The molecule has 1 saturated heterocycles. The summed E-state index contributed by atoms with van der Waals surface area (Å²) in [5, 5.41) is 76.2. The van der Waals surface area contributed by atoms with Crippen LogP contribution in [0.25, 0.3) is 0 Å². The van der Waals surface area contributed by atoms with Crippen molar-refractivity contribution in [1.29, 1.82) is 0 Å². The van der Waals surface area contributed by atoms with Crippen LogP contribution in [-0.4, -0.2) is 110 Å². The predicted octanol–water partition coefficient (Wildman–Crippen LogP) is 13.1. The Balaban J connectivity index is 2.24. The summed E-state index contributed by atoms with van der Waals surface area (Å²) in [6.45, 7) is 3.49. The van der Waals surface area contributed by atoms with E-state index in [0.717, 1.165) is 38.5 Å². The maximum atomic E-state index is 13.2. The van der Waals surface area contributed by atoms with Crippen molar-refractivity contribution < 1.29 is 50.0 Å². The second kappa shape index (κ2) is 49.7. The summed E-state index contributed by atoms with van der Waals surface area (Å²) in [5.41, 5.74) is 0. The number of allylic oxidation sites excluding steroid dienone is 2. The maximum Gasteiger partial charge on any atom is 0.249 e. The summed E-state index contributed by atoms with van der Waals surface area (Å²) in [6, 6.07) is -1.17. The van der Waals surface area contributed by atoms with Crippen molar-refractivity contribution in [3.05, 3.63) is 12.2 Å². The van der Waals surface area contributed by atoms with Crippen LogP contribution < -0.4 is 5.32 Å². The highest BCUT2D eigenvalue weighted by atomic mass is 16.7. The van der Waals surface area contributed by atoms with Crippen molar-refractivity contribution in [2.45, 2.75) is 351 Å². The lowest BCUT2D eigenvalue weighted by Gasteiger charge is -2.40. The third-order valence-electron chi connectivity index (χ3n) is 15.1. The lowest BCUT2D eigenvalue weighted by Crippen LogP contribution is -2.60. The van der Waals surface area contributed by atoms with E-state index in [4.69, 9.17) is 9.47 Å². The first-order valence-electron chi connectivity index (χ1n) is 30.6. The molecule has 9 atom stereocenters. The van der Waals surface area contributed by atoms with Crippen LogP contribution in [0, 0.1) is 0 Å². The molecule has 0 spiro atoms. The quantitative estimate of drug-likeness (QED) is 0.0215. The standard InChI is InChI=1S/C60H117NO10/c1-3-5-7-9-11-13-15-17-19-21-22-23-24-25-26-27-28-29-30-31-32-34-36-38-40-42-44-46-48-53(64)59(69)61-51(50-70-60-58(68)57(67)56(66)54(49-62)71-60)55(65)52(63)47-45-43-41-39-37-35-33-20-18-16-14-12-10-8-6-4-2/h25-26,51-58,60,62-68H,3-24,27-50H2,1-2H3,(H,61,69)/b26-25-. The number of aliphatic hydroxyl groups excluding tert-OH is 7. The number of hydrogen-bond acceptors (Lipinski definition) is 10. The summed E-state index contributed by atoms with van der Waals surface area (Å²) < 4.78 is 11.2. The van der Waals surface area contributed by atoms with Crippen LogP contribution in [0.5, 0.6) is 0 Å². The van der Waals surface area contributed by atoms with Gasteiger partial charge in [-0.05, 0) is 38.5 Å². The molecular weight excluding hydrogens is 895 g/mol. The molecule has 1 rings (SSSR count). The number of amides is 1. The molecule has 1 aliphatic heterocycles. The molecule has 1 amide bonds. The van der Waals surface area contributed by atoms with E-state index in [-0.39, 0.29) is 6.42 Å². The van der Waals surface area contributed by atoms with Gasteiger partial charge in [0.25, 0.3) is 0 Å². The Hall–Kier alpha value is -1.15. The third-order valence-corrected chi connectivity index (χ3v) is 15.1. The normalized spacial score (nSPS) is 20.2. The van der Waals surface area contributed by atoms with Gasteiger partial charge < -0.3 is 50.5 Å². The van der Waals surface area contributed by atoms with Crippen LogP contribution in [0.1, 0.15) is 296 Å². The molecule has 0 aromatic carbocycles. The molecule has 0 saturated carbocycles. The van der Waals surface area contributed by atoms with Gasteiger partial charge in [-0.15, -0.1) is 0 Å². The number of nitrogens with one attached hydrogen (secondary N) is 1. The van der Waals surface area contributed by atoms with Crippen molar-refractivity contribution in [3.8, 4) is 0 Å². The van der Waals surface area contributed by atoms with E-state index in [9.17, 15) is 40.5 Å². The monoisotopic (exact) mass is 1010 g/mol. The zero-order valence-electron chi connectivity index (χ0n) is 46.2. The van der Waals surface area contributed by atoms with E-state index >= 15 is 0 Å². The van der Waals surface area contributed by atoms with Crippen molar-refractivity contribution in [2.24, 2.45) is 0 Å². The molecule has 8 N–H and O–H groups in total. The Labute approximate surface area is 436 Å². The van der Waals surface area contributed by atoms with E-state index in [0.29, 0.717) is 19.3 Å². The Morgan fingerprint density at radius 2 is 0.817 bits per heavy atom. The minimum Gasteiger partial charge on any atom is -0.394 e. The minimum atomic E-state index is -1.66. The van der Waals surface area contributed by atoms with Crippen LogP contribution in [-0.2, 0) is 14.3 Å². The number of carbonyl (C=O) groups excluding carboxylic acids is 1. The van der Waals surface area contributed by atoms with Crippen LogP contribution in [0.2, 0.25) is 0 Å². The van der Waals surface area contributed by atoms with Crippen LogP contribution in [0.15, 0.2) is 12.2 Å². The van der Waals surface area contributed by atoms with Gasteiger partial charge in [-0.1, -0.05) is 270 Å². The van der Waals surface area contributed by atoms with Gasteiger partial charge in [-0.25, -0.2) is 0 Å². The lowest BCUT2D eigenvalue weighted by molar-refractivity contribution is -0.303. The maximum absolute atomic E-state index is 13.2. The fourth-order valence-electron chi connectivity index (χ4n) is 10.1. The van der Waals surface area contributed by atoms with Gasteiger partial charge in [0.15, 0.2) is 6.29 Å². The van der Waals surface area contributed by atoms with Gasteiger partial charge in [-0.3, -0.25) is 4.79 Å². The van der Waals surface area contributed by atoms with Crippen LogP contribution in [0.4, 0.5) is 0 Å². The first-order chi connectivity index (χ1) is 34.7. The first kappa shape index (κ1) is 67.9. The lowest BCUT2D eigenvalue weighted by atomic mass is 9.98. The summed E-state index contributed by atoms with van der Waals surface area (Å²) in [6.07, 6.45) is 47.0. The number of aliphatic hydroxyl groups is 7. The molecular formula is C60H117NO10. The molecule has 11 heteroatoms. The zero-order chi connectivity index (χ0) is 51.8.